The fourth-order valence-corrected chi connectivity index (χ4v) is 0.458. The summed E-state index contributed by atoms with van der Waals surface area (Å²) in [5.41, 5.74) is 0. The molecule has 9 heavy (non-hydrogen) atoms. The highest BCUT2D eigenvalue weighted by Crippen LogP contribution is 2.15. The molecule has 1 N–H and O–H groups in total. The zero-order chi connectivity index (χ0) is 6.85. The summed E-state index contributed by atoms with van der Waals surface area (Å²) >= 11 is 0. The van der Waals surface area contributed by atoms with Crippen molar-refractivity contribution in [2.24, 2.45) is 0 Å². The van der Waals surface area contributed by atoms with E-state index < -0.39 is 12.4 Å². The highest BCUT2D eigenvalue weighted by Gasteiger charge is 2.08. The van der Waals surface area contributed by atoms with Gasteiger partial charge < -0.3 is 5.11 Å². The van der Waals surface area contributed by atoms with Gasteiger partial charge >= 0.3 is 6.55 Å². The monoisotopic (exact) mass is 134 g/mol. The maximum Gasteiger partial charge on any atom is 0.336 e. The minimum atomic E-state index is -2.76. The second-order valence-electron chi connectivity index (χ2n) is 1.41. The van der Waals surface area contributed by atoms with E-state index in [2.05, 4.69) is 5.10 Å². The number of rotatable bonds is 1. The van der Waals surface area contributed by atoms with Crippen LogP contribution in [0.3, 0.4) is 0 Å². The summed E-state index contributed by atoms with van der Waals surface area (Å²) in [7, 11) is 0. The van der Waals surface area contributed by atoms with Gasteiger partial charge in [-0.05, 0) is 0 Å². The molecule has 0 saturated heterocycles. The van der Waals surface area contributed by atoms with Crippen LogP contribution < -0.4 is 0 Å². The van der Waals surface area contributed by atoms with Gasteiger partial charge in [-0.2, -0.15) is 18.6 Å². The number of aromatic nitrogens is 2. The first-order chi connectivity index (χ1) is 4.22. The standard InChI is InChI=1S/C4H4F2N2O/c5-4(6)8-3(9)1-2-7-8/h1-2,4,9H. The van der Waals surface area contributed by atoms with Gasteiger partial charge in [-0.3, -0.25) is 0 Å². The van der Waals surface area contributed by atoms with Gasteiger partial charge in [-0.1, -0.05) is 0 Å². The number of alkyl halides is 2. The Hall–Kier alpha value is -1.13. The van der Waals surface area contributed by atoms with E-state index in [9.17, 15) is 8.78 Å². The molecule has 1 aromatic rings. The van der Waals surface area contributed by atoms with Gasteiger partial charge in [-0.25, -0.2) is 0 Å². The van der Waals surface area contributed by atoms with Crippen LogP contribution in [0.5, 0.6) is 5.88 Å². The summed E-state index contributed by atoms with van der Waals surface area (Å²) in [6.07, 6.45) is 1.10. The molecule has 0 atom stereocenters. The third kappa shape index (κ3) is 0.984. The molecule has 0 fully saturated rings. The molecule has 0 aliphatic carbocycles. The van der Waals surface area contributed by atoms with Crippen LogP contribution in [0.1, 0.15) is 6.55 Å². The number of hydrogen-bond acceptors (Lipinski definition) is 2. The topological polar surface area (TPSA) is 38.1 Å². The maximum absolute atomic E-state index is 11.6. The third-order valence-electron chi connectivity index (χ3n) is 0.834. The Labute approximate surface area is 49.5 Å². The van der Waals surface area contributed by atoms with Gasteiger partial charge in [0.2, 0.25) is 5.88 Å². The van der Waals surface area contributed by atoms with Crippen molar-refractivity contribution in [2.75, 3.05) is 0 Å². The fraction of sp³-hybridized carbons (Fsp3) is 0.250. The summed E-state index contributed by atoms with van der Waals surface area (Å²) in [4.78, 5) is 0. The predicted molar refractivity (Wildman–Crippen MR) is 25.1 cm³/mol. The zero-order valence-corrected chi connectivity index (χ0v) is 4.33. The van der Waals surface area contributed by atoms with E-state index in [4.69, 9.17) is 5.11 Å². The second-order valence-corrected chi connectivity index (χ2v) is 1.41. The van der Waals surface area contributed by atoms with Gasteiger partial charge in [0.1, 0.15) is 0 Å². The van der Waals surface area contributed by atoms with E-state index >= 15 is 0 Å². The van der Waals surface area contributed by atoms with Crippen molar-refractivity contribution >= 4 is 0 Å². The molecule has 0 bridgehead atoms. The lowest BCUT2D eigenvalue weighted by Crippen LogP contribution is -1.98. The molecule has 0 aromatic carbocycles. The van der Waals surface area contributed by atoms with Crippen LogP contribution >= 0.6 is 0 Å². The van der Waals surface area contributed by atoms with E-state index in [0.29, 0.717) is 0 Å². The molecule has 0 spiro atoms. The maximum atomic E-state index is 11.6. The van der Waals surface area contributed by atoms with Crippen molar-refractivity contribution in [2.45, 2.75) is 6.55 Å². The minimum Gasteiger partial charge on any atom is -0.493 e. The first kappa shape index (κ1) is 6.00. The number of aromatic hydroxyl groups is 1. The van der Waals surface area contributed by atoms with E-state index in [0.717, 1.165) is 12.3 Å². The van der Waals surface area contributed by atoms with Crippen LogP contribution in [0.4, 0.5) is 8.78 Å². The summed E-state index contributed by atoms with van der Waals surface area (Å²) in [5, 5.41) is 11.7. The lowest BCUT2D eigenvalue weighted by molar-refractivity contribution is 0.0482. The molecule has 1 rings (SSSR count). The predicted octanol–water partition coefficient (Wildman–Crippen LogP) is 0.984. The quantitative estimate of drug-likeness (QED) is 0.621. The molecule has 1 aromatic heterocycles. The molecule has 0 amide bonds. The van der Waals surface area contributed by atoms with Crippen LogP contribution in [0.2, 0.25) is 0 Å². The van der Waals surface area contributed by atoms with Crippen LogP contribution in [0.15, 0.2) is 12.3 Å². The average molecular weight is 134 g/mol. The molecular formula is C4H4F2N2O. The van der Waals surface area contributed by atoms with Crippen LogP contribution in [-0.4, -0.2) is 14.9 Å². The number of hydrogen-bond donors (Lipinski definition) is 1. The Kier molecular flexibility index (Phi) is 1.33. The normalized spacial score (nSPS) is 10.6. The smallest absolute Gasteiger partial charge is 0.336 e. The largest absolute Gasteiger partial charge is 0.493 e. The van der Waals surface area contributed by atoms with Gasteiger partial charge in [0.15, 0.2) is 0 Å². The molecule has 0 aliphatic heterocycles. The molecule has 0 unspecified atom stereocenters. The zero-order valence-electron chi connectivity index (χ0n) is 4.33. The molecule has 0 radical (unpaired) electrons. The molecule has 0 aliphatic rings. The lowest BCUT2D eigenvalue weighted by atomic mass is 10.7. The lowest BCUT2D eigenvalue weighted by Gasteiger charge is -1.97. The third-order valence-corrected chi connectivity index (χ3v) is 0.834. The summed E-state index contributed by atoms with van der Waals surface area (Å²) in [6, 6.07) is 1.09. The minimum absolute atomic E-state index is 0.222. The van der Waals surface area contributed by atoms with Crippen molar-refractivity contribution in [3.63, 3.8) is 0 Å². The summed E-state index contributed by atoms with van der Waals surface area (Å²) in [5.74, 6) is -0.523. The van der Waals surface area contributed by atoms with Crippen molar-refractivity contribution in [1.82, 2.24) is 9.78 Å². The number of halogens is 2. The first-order valence-electron chi connectivity index (χ1n) is 2.22. The number of nitrogens with zero attached hydrogens (tertiary/aromatic N) is 2. The van der Waals surface area contributed by atoms with Gasteiger partial charge in [0.25, 0.3) is 0 Å². The van der Waals surface area contributed by atoms with Crippen LogP contribution in [0.25, 0.3) is 0 Å². The highest BCUT2D eigenvalue weighted by atomic mass is 19.3. The van der Waals surface area contributed by atoms with E-state index in [1.54, 1.807) is 0 Å². The Bertz CT molecular complexity index is 198. The van der Waals surface area contributed by atoms with Crippen molar-refractivity contribution in [3.8, 4) is 5.88 Å². The van der Waals surface area contributed by atoms with Crippen molar-refractivity contribution in [1.29, 1.82) is 0 Å². The van der Waals surface area contributed by atoms with Crippen LogP contribution in [-0.2, 0) is 0 Å². The average Bonchev–Trinajstić information content (AvgIpc) is 2.13. The van der Waals surface area contributed by atoms with Gasteiger partial charge in [0.05, 0.1) is 6.20 Å². The van der Waals surface area contributed by atoms with E-state index in [1.807, 2.05) is 0 Å². The SMILES string of the molecule is Oc1ccnn1C(F)F. The molecule has 50 valence electrons. The van der Waals surface area contributed by atoms with Crippen molar-refractivity contribution < 1.29 is 13.9 Å². The molecule has 0 saturated carbocycles. The molecule has 1 heterocycles. The molecule has 3 nitrogen and oxygen atoms in total. The van der Waals surface area contributed by atoms with E-state index in [1.165, 1.54) is 0 Å². The molecular weight excluding hydrogens is 130 g/mol. The highest BCUT2D eigenvalue weighted by molar-refractivity contribution is 5.04. The Balaban J connectivity index is 2.94. The van der Waals surface area contributed by atoms with E-state index in [-0.39, 0.29) is 4.68 Å². The van der Waals surface area contributed by atoms with Gasteiger partial charge in [-0.15, -0.1) is 0 Å². The Morgan fingerprint density at radius 1 is 1.67 bits per heavy atom. The molecule has 5 heteroatoms. The summed E-state index contributed by atoms with van der Waals surface area (Å²) in [6.45, 7) is -2.76. The Morgan fingerprint density at radius 3 is 2.56 bits per heavy atom. The summed E-state index contributed by atoms with van der Waals surface area (Å²) < 4.78 is 23.4. The van der Waals surface area contributed by atoms with Crippen molar-refractivity contribution in [3.05, 3.63) is 12.3 Å². The second kappa shape index (κ2) is 2.00. The first-order valence-corrected chi connectivity index (χ1v) is 2.22. The fourth-order valence-electron chi connectivity index (χ4n) is 0.458. The van der Waals surface area contributed by atoms with Crippen LogP contribution in [0, 0.1) is 0 Å². The van der Waals surface area contributed by atoms with Gasteiger partial charge in [0, 0.05) is 6.07 Å². The Morgan fingerprint density at radius 2 is 2.33 bits per heavy atom.